The highest BCUT2D eigenvalue weighted by Gasteiger charge is 2.33. The number of rotatable bonds is 8. The van der Waals surface area contributed by atoms with Crippen LogP contribution >= 0.6 is 22.9 Å². The summed E-state index contributed by atoms with van der Waals surface area (Å²) < 4.78 is 47.1. The van der Waals surface area contributed by atoms with Crippen molar-refractivity contribution in [2.45, 2.75) is 56.5 Å². The Morgan fingerprint density at radius 1 is 1.05 bits per heavy atom. The SMILES string of the molecule is CCC1CCC(N(Cc2cc(-c3cccc(S(C)=O)c3)ccc2OC)C(=O)c2sc3c(F)ccc(F)c3c2Cl)CC1. The molecule has 0 spiro atoms. The number of hydrogen-bond donors (Lipinski definition) is 0. The molecular weight excluding hydrogens is 584 g/mol. The molecule has 1 unspecified atom stereocenters. The second kappa shape index (κ2) is 12.6. The van der Waals surface area contributed by atoms with Crippen LogP contribution in [0.5, 0.6) is 5.75 Å². The number of benzene rings is 3. The zero-order chi connectivity index (χ0) is 29.3. The molecule has 3 aromatic carbocycles. The van der Waals surface area contributed by atoms with E-state index in [9.17, 15) is 17.8 Å². The predicted octanol–water partition coefficient (Wildman–Crippen LogP) is 8.86. The first-order valence-electron chi connectivity index (χ1n) is 13.7. The van der Waals surface area contributed by atoms with Gasteiger partial charge in [-0.2, -0.15) is 0 Å². The number of carbonyl (C=O) groups excluding carboxylic acids is 1. The minimum atomic E-state index is -1.12. The van der Waals surface area contributed by atoms with Crippen molar-refractivity contribution in [2.24, 2.45) is 5.92 Å². The summed E-state index contributed by atoms with van der Waals surface area (Å²) in [4.78, 5) is 16.9. The van der Waals surface area contributed by atoms with Gasteiger partial charge in [-0.15, -0.1) is 11.3 Å². The third-order valence-electron chi connectivity index (χ3n) is 8.09. The zero-order valence-electron chi connectivity index (χ0n) is 23.2. The maximum absolute atomic E-state index is 14.7. The molecule has 4 aromatic rings. The van der Waals surface area contributed by atoms with Gasteiger partial charge in [-0.25, -0.2) is 8.78 Å². The molecule has 0 radical (unpaired) electrons. The van der Waals surface area contributed by atoms with Crippen LogP contribution in [0.25, 0.3) is 21.2 Å². The Morgan fingerprint density at radius 2 is 1.76 bits per heavy atom. The second-order valence-electron chi connectivity index (χ2n) is 10.5. The summed E-state index contributed by atoms with van der Waals surface area (Å²) in [5.74, 6) is -0.351. The van der Waals surface area contributed by atoms with Gasteiger partial charge in [0.25, 0.3) is 5.91 Å². The first-order valence-corrected chi connectivity index (χ1v) is 16.4. The number of methoxy groups -OCH3 is 1. The molecule has 1 heterocycles. The number of thiophene rings is 1. The van der Waals surface area contributed by atoms with Crippen LogP contribution < -0.4 is 4.74 Å². The Kier molecular flexibility index (Phi) is 9.12. The van der Waals surface area contributed by atoms with Gasteiger partial charge in [0.2, 0.25) is 0 Å². The average molecular weight is 616 g/mol. The quantitative estimate of drug-likeness (QED) is 0.199. The van der Waals surface area contributed by atoms with Crippen molar-refractivity contribution in [1.82, 2.24) is 4.90 Å². The predicted molar refractivity (Wildman–Crippen MR) is 163 cm³/mol. The molecule has 1 atom stereocenters. The first kappa shape index (κ1) is 29.7. The second-order valence-corrected chi connectivity index (χ2v) is 13.3. The molecule has 1 aromatic heterocycles. The van der Waals surface area contributed by atoms with Gasteiger partial charge in [-0.05, 0) is 79.1 Å². The highest BCUT2D eigenvalue weighted by Crippen LogP contribution is 2.41. The van der Waals surface area contributed by atoms with Crippen LogP contribution in [-0.2, 0) is 17.3 Å². The van der Waals surface area contributed by atoms with Crippen molar-refractivity contribution in [3.05, 3.63) is 81.7 Å². The van der Waals surface area contributed by atoms with Crippen molar-refractivity contribution < 1.29 is 22.5 Å². The van der Waals surface area contributed by atoms with E-state index in [-0.39, 0.29) is 38.5 Å². The van der Waals surface area contributed by atoms with Crippen LogP contribution in [0.4, 0.5) is 8.78 Å². The van der Waals surface area contributed by atoms with Crippen LogP contribution in [0.2, 0.25) is 5.02 Å². The van der Waals surface area contributed by atoms with Crippen molar-refractivity contribution in [3.63, 3.8) is 0 Å². The molecule has 1 saturated carbocycles. The van der Waals surface area contributed by atoms with E-state index in [1.165, 1.54) is 0 Å². The van der Waals surface area contributed by atoms with E-state index < -0.39 is 22.4 Å². The fourth-order valence-electron chi connectivity index (χ4n) is 5.72. The van der Waals surface area contributed by atoms with E-state index in [1.807, 2.05) is 42.5 Å². The zero-order valence-corrected chi connectivity index (χ0v) is 25.6. The van der Waals surface area contributed by atoms with Gasteiger partial charge >= 0.3 is 0 Å². The third kappa shape index (κ3) is 6.06. The van der Waals surface area contributed by atoms with E-state index in [0.29, 0.717) is 11.7 Å². The van der Waals surface area contributed by atoms with Crippen molar-refractivity contribution in [3.8, 4) is 16.9 Å². The molecule has 1 amide bonds. The molecule has 41 heavy (non-hydrogen) atoms. The van der Waals surface area contributed by atoms with E-state index >= 15 is 0 Å². The van der Waals surface area contributed by atoms with Gasteiger partial charge in [0.05, 0.1) is 22.2 Å². The number of amides is 1. The average Bonchev–Trinajstić information content (AvgIpc) is 3.35. The Bertz CT molecular complexity index is 1610. The lowest BCUT2D eigenvalue weighted by atomic mass is 9.83. The Morgan fingerprint density at radius 3 is 2.41 bits per heavy atom. The molecule has 216 valence electrons. The topological polar surface area (TPSA) is 46.6 Å². The summed E-state index contributed by atoms with van der Waals surface area (Å²) in [5, 5.41) is -0.105. The van der Waals surface area contributed by atoms with Crippen molar-refractivity contribution in [1.29, 1.82) is 0 Å². The lowest BCUT2D eigenvalue weighted by Gasteiger charge is -2.37. The number of halogens is 3. The molecule has 0 N–H and O–H groups in total. The van der Waals surface area contributed by atoms with Crippen LogP contribution in [0.1, 0.15) is 54.3 Å². The summed E-state index contributed by atoms with van der Waals surface area (Å²) in [6, 6.07) is 15.4. The molecule has 0 aliphatic heterocycles. The summed E-state index contributed by atoms with van der Waals surface area (Å²) in [5.41, 5.74) is 2.61. The Hall–Kier alpha value is -2.81. The number of fused-ring (bicyclic) bond motifs is 1. The van der Waals surface area contributed by atoms with Crippen LogP contribution in [0.3, 0.4) is 0 Å². The van der Waals surface area contributed by atoms with Gasteiger partial charge in [0.15, 0.2) is 0 Å². The van der Waals surface area contributed by atoms with Crippen LogP contribution in [0.15, 0.2) is 59.5 Å². The Balaban J connectivity index is 1.56. The number of nitrogens with zero attached hydrogens (tertiary/aromatic N) is 1. The highest BCUT2D eigenvalue weighted by atomic mass is 35.5. The fourth-order valence-corrected chi connectivity index (χ4v) is 7.79. The lowest BCUT2D eigenvalue weighted by Crippen LogP contribution is -2.41. The van der Waals surface area contributed by atoms with Gasteiger partial charge < -0.3 is 9.64 Å². The lowest BCUT2D eigenvalue weighted by molar-refractivity contribution is 0.0591. The van der Waals surface area contributed by atoms with Gasteiger partial charge in [0, 0.05) is 40.1 Å². The minimum absolute atomic E-state index is 0.0424. The molecule has 1 aliphatic carbocycles. The molecule has 0 saturated heterocycles. The number of ether oxygens (including phenoxy) is 1. The van der Waals surface area contributed by atoms with Crippen molar-refractivity contribution >= 4 is 49.7 Å². The van der Waals surface area contributed by atoms with E-state index in [0.717, 1.165) is 77.2 Å². The van der Waals surface area contributed by atoms with Gasteiger partial charge in [0.1, 0.15) is 22.3 Å². The van der Waals surface area contributed by atoms with Gasteiger partial charge in [-0.1, -0.05) is 43.1 Å². The molecule has 1 aliphatic rings. The number of hydrogen-bond acceptors (Lipinski definition) is 4. The highest BCUT2D eigenvalue weighted by molar-refractivity contribution is 7.84. The fraction of sp³-hybridized carbons (Fsp3) is 0.344. The standard InChI is InChI=1S/C32H32ClF2NO3S2/c1-4-19-8-11-23(12-9-19)36(32(37)31-29(33)28-25(34)13-14-26(35)30(28)40-31)18-22-16-21(10-15-27(22)39-2)20-6-5-7-24(17-20)41(3)38/h5-7,10,13-17,19,23H,4,8-9,11-12,18H2,1-3H3. The van der Waals surface area contributed by atoms with E-state index in [2.05, 4.69) is 6.92 Å². The third-order valence-corrected chi connectivity index (χ3v) is 10.7. The molecular formula is C32H32ClF2NO3S2. The molecule has 5 rings (SSSR count). The maximum atomic E-state index is 14.7. The monoisotopic (exact) mass is 615 g/mol. The largest absolute Gasteiger partial charge is 0.496 e. The molecule has 0 bridgehead atoms. The van der Waals surface area contributed by atoms with E-state index in [1.54, 1.807) is 18.3 Å². The minimum Gasteiger partial charge on any atom is -0.496 e. The molecule has 4 nitrogen and oxygen atoms in total. The van der Waals surface area contributed by atoms with Crippen LogP contribution in [-0.4, -0.2) is 34.4 Å². The number of carbonyl (C=O) groups is 1. The summed E-state index contributed by atoms with van der Waals surface area (Å²) in [6.07, 6.45) is 6.42. The molecule has 1 fully saturated rings. The normalized spacial score (nSPS) is 17.9. The van der Waals surface area contributed by atoms with E-state index in [4.69, 9.17) is 16.3 Å². The summed E-state index contributed by atoms with van der Waals surface area (Å²) >= 11 is 7.47. The van der Waals surface area contributed by atoms with Crippen LogP contribution in [0, 0.1) is 17.6 Å². The smallest absolute Gasteiger partial charge is 0.266 e. The Labute approximate surface area is 250 Å². The van der Waals surface area contributed by atoms with Crippen molar-refractivity contribution in [2.75, 3.05) is 13.4 Å². The maximum Gasteiger partial charge on any atom is 0.266 e. The van der Waals surface area contributed by atoms with Gasteiger partial charge in [-0.3, -0.25) is 9.00 Å². The first-order chi connectivity index (χ1) is 19.7. The molecule has 9 heteroatoms. The summed E-state index contributed by atoms with van der Waals surface area (Å²) in [7, 11) is 0.466. The summed E-state index contributed by atoms with van der Waals surface area (Å²) in [6.45, 7) is 2.43.